The number of aryl methyl sites for hydroxylation is 1. The van der Waals surface area contributed by atoms with E-state index in [9.17, 15) is 14.4 Å². The number of benzene rings is 1. The summed E-state index contributed by atoms with van der Waals surface area (Å²) in [4.78, 5) is 41.5. The summed E-state index contributed by atoms with van der Waals surface area (Å²) in [6.07, 6.45) is 1.57. The number of methoxy groups -OCH3 is 1. The summed E-state index contributed by atoms with van der Waals surface area (Å²) in [7, 11) is 1.32. The predicted octanol–water partition coefficient (Wildman–Crippen LogP) is 2.97. The van der Waals surface area contributed by atoms with E-state index in [1.807, 2.05) is 18.2 Å². The molecule has 27 heavy (non-hydrogen) atoms. The molecule has 0 fully saturated rings. The Morgan fingerprint density at radius 2 is 1.96 bits per heavy atom. The lowest BCUT2D eigenvalue weighted by atomic mass is 9.98. The SMILES string of the molecule is COC(=O)c1c(C)[nH]c(C(=O)N2CCCc3c(NC(C)=O)cccc32)c1C. The van der Waals surface area contributed by atoms with Gasteiger partial charge in [0, 0.05) is 30.5 Å². The Bertz CT molecular complexity index is 930. The van der Waals surface area contributed by atoms with Crippen LogP contribution in [0.5, 0.6) is 0 Å². The fraction of sp³-hybridized carbons (Fsp3) is 0.350. The standard InChI is InChI=1S/C20H23N3O4/c1-11-17(20(26)27-4)12(2)21-18(11)19(25)23-10-6-7-14-15(22-13(3)24)8-5-9-16(14)23/h5,8-9,21H,6-7,10H2,1-4H3,(H,22,24). The molecule has 142 valence electrons. The largest absolute Gasteiger partial charge is 0.465 e. The van der Waals surface area contributed by atoms with Gasteiger partial charge in [0.2, 0.25) is 5.91 Å². The zero-order valence-electron chi connectivity index (χ0n) is 15.9. The molecule has 0 bridgehead atoms. The molecule has 0 aliphatic carbocycles. The van der Waals surface area contributed by atoms with Gasteiger partial charge in [0.05, 0.1) is 12.7 Å². The molecule has 7 heteroatoms. The van der Waals surface area contributed by atoms with Crippen molar-refractivity contribution in [2.45, 2.75) is 33.6 Å². The molecule has 0 saturated heterocycles. The van der Waals surface area contributed by atoms with Crippen molar-refractivity contribution >= 4 is 29.2 Å². The summed E-state index contributed by atoms with van der Waals surface area (Å²) < 4.78 is 4.82. The molecule has 0 radical (unpaired) electrons. The van der Waals surface area contributed by atoms with Crippen LogP contribution < -0.4 is 10.2 Å². The van der Waals surface area contributed by atoms with Crippen LogP contribution in [0.4, 0.5) is 11.4 Å². The number of carbonyl (C=O) groups excluding carboxylic acids is 3. The lowest BCUT2D eigenvalue weighted by Gasteiger charge is -2.30. The fourth-order valence-electron chi connectivity index (χ4n) is 3.65. The highest BCUT2D eigenvalue weighted by Crippen LogP contribution is 2.34. The lowest BCUT2D eigenvalue weighted by molar-refractivity contribution is -0.114. The van der Waals surface area contributed by atoms with Gasteiger partial charge < -0.3 is 19.9 Å². The van der Waals surface area contributed by atoms with Crippen molar-refractivity contribution in [2.75, 3.05) is 23.9 Å². The third-order valence-electron chi connectivity index (χ3n) is 4.85. The topological polar surface area (TPSA) is 91.5 Å². The highest BCUT2D eigenvalue weighted by molar-refractivity contribution is 6.09. The summed E-state index contributed by atoms with van der Waals surface area (Å²) in [5, 5.41) is 2.83. The van der Waals surface area contributed by atoms with E-state index in [4.69, 9.17) is 4.74 Å². The van der Waals surface area contributed by atoms with E-state index >= 15 is 0 Å². The number of rotatable bonds is 3. The van der Waals surface area contributed by atoms with Crippen molar-refractivity contribution < 1.29 is 19.1 Å². The van der Waals surface area contributed by atoms with Gasteiger partial charge in [-0.1, -0.05) is 6.07 Å². The van der Waals surface area contributed by atoms with Gasteiger partial charge in [-0.15, -0.1) is 0 Å². The molecule has 2 aromatic rings. The molecule has 0 saturated carbocycles. The quantitative estimate of drug-likeness (QED) is 0.814. The predicted molar refractivity (Wildman–Crippen MR) is 102 cm³/mol. The van der Waals surface area contributed by atoms with Gasteiger partial charge in [0.1, 0.15) is 5.69 Å². The minimum Gasteiger partial charge on any atom is -0.465 e. The third-order valence-corrected chi connectivity index (χ3v) is 4.85. The molecule has 1 aromatic carbocycles. The fourth-order valence-corrected chi connectivity index (χ4v) is 3.65. The summed E-state index contributed by atoms with van der Waals surface area (Å²) in [5.74, 6) is -0.815. The highest BCUT2D eigenvalue weighted by Gasteiger charge is 2.29. The van der Waals surface area contributed by atoms with Gasteiger partial charge in [-0.3, -0.25) is 9.59 Å². The number of esters is 1. The summed E-state index contributed by atoms with van der Waals surface area (Å²) in [6.45, 7) is 5.52. The minimum absolute atomic E-state index is 0.148. The first-order valence-electron chi connectivity index (χ1n) is 8.84. The highest BCUT2D eigenvalue weighted by atomic mass is 16.5. The average molecular weight is 369 g/mol. The maximum Gasteiger partial charge on any atom is 0.339 e. The van der Waals surface area contributed by atoms with E-state index in [2.05, 4.69) is 10.3 Å². The van der Waals surface area contributed by atoms with Crippen molar-refractivity contribution in [1.29, 1.82) is 0 Å². The monoisotopic (exact) mass is 369 g/mol. The van der Waals surface area contributed by atoms with Crippen LogP contribution in [0.3, 0.4) is 0 Å². The molecule has 1 aromatic heterocycles. The van der Waals surface area contributed by atoms with Crippen molar-refractivity contribution in [1.82, 2.24) is 4.98 Å². The van der Waals surface area contributed by atoms with Crippen LogP contribution in [-0.4, -0.2) is 36.4 Å². The van der Waals surface area contributed by atoms with Crippen LogP contribution in [0.1, 0.15) is 51.0 Å². The Morgan fingerprint density at radius 3 is 2.63 bits per heavy atom. The Balaban J connectivity index is 2.02. The zero-order valence-corrected chi connectivity index (χ0v) is 15.9. The van der Waals surface area contributed by atoms with Crippen LogP contribution in [-0.2, 0) is 16.0 Å². The van der Waals surface area contributed by atoms with Gasteiger partial charge in [-0.2, -0.15) is 0 Å². The number of aromatic nitrogens is 1. The van der Waals surface area contributed by atoms with Gasteiger partial charge in [-0.25, -0.2) is 4.79 Å². The number of H-pyrrole nitrogens is 1. The first-order chi connectivity index (χ1) is 12.8. The Morgan fingerprint density at radius 1 is 1.22 bits per heavy atom. The second kappa shape index (κ2) is 7.26. The van der Waals surface area contributed by atoms with Crippen molar-refractivity contribution in [2.24, 2.45) is 0 Å². The molecule has 1 aliphatic heterocycles. The van der Waals surface area contributed by atoms with Gasteiger partial charge in [0.15, 0.2) is 0 Å². The number of nitrogens with zero attached hydrogens (tertiary/aromatic N) is 1. The van der Waals surface area contributed by atoms with Crippen molar-refractivity contribution in [3.8, 4) is 0 Å². The summed E-state index contributed by atoms with van der Waals surface area (Å²) in [6, 6.07) is 5.54. The number of carbonyl (C=O) groups is 3. The van der Waals surface area contributed by atoms with Crippen molar-refractivity contribution in [3.63, 3.8) is 0 Å². The van der Waals surface area contributed by atoms with E-state index in [0.29, 0.717) is 29.1 Å². The number of hydrogen-bond acceptors (Lipinski definition) is 4. The summed E-state index contributed by atoms with van der Waals surface area (Å²) in [5.41, 5.74) is 4.41. The van der Waals surface area contributed by atoms with Crippen LogP contribution in [0, 0.1) is 13.8 Å². The molecule has 7 nitrogen and oxygen atoms in total. The van der Waals surface area contributed by atoms with Crippen LogP contribution >= 0.6 is 0 Å². The Hall–Kier alpha value is -3.09. The third kappa shape index (κ3) is 3.32. The zero-order chi connectivity index (χ0) is 19.7. The smallest absolute Gasteiger partial charge is 0.339 e. The Kier molecular flexibility index (Phi) is 5.03. The number of fused-ring (bicyclic) bond motifs is 1. The van der Waals surface area contributed by atoms with Crippen molar-refractivity contribution in [3.05, 3.63) is 46.3 Å². The molecular formula is C20H23N3O4. The number of anilines is 2. The van der Waals surface area contributed by atoms with Crippen LogP contribution in [0.25, 0.3) is 0 Å². The number of nitrogens with one attached hydrogen (secondary N) is 2. The first kappa shape index (κ1) is 18.7. The molecular weight excluding hydrogens is 346 g/mol. The van der Waals surface area contributed by atoms with Crippen LogP contribution in [0.15, 0.2) is 18.2 Å². The summed E-state index contributed by atoms with van der Waals surface area (Å²) >= 11 is 0. The molecule has 1 aliphatic rings. The molecule has 0 spiro atoms. The molecule has 3 rings (SSSR count). The molecule has 0 unspecified atom stereocenters. The number of amides is 2. The van der Waals surface area contributed by atoms with E-state index in [1.165, 1.54) is 14.0 Å². The number of aromatic amines is 1. The molecule has 2 amide bonds. The normalized spacial score (nSPS) is 13.1. The second-order valence-corrected chi connectivity index (χ2v) is 6.66. The number of hydrogen-bond donors (Lipinski definition) is 2. The maximum absolute atomic E-state index is 13.2. The average Bonchev–Trinajstić information content (AvgIpc) is 2.94. The van der Waals surface area contributed by atoms with Crippen LogP contribution in [0.2, 0.25) is 0 Å². The van der Waals surface area contributed by atoms with Gasteiger partial charge in [0.25, 0.3) is 5.91 Å². The molecule has 2 N–H and O–H groups in total. The van der Waals surface area contributed by atoms with E-state index < -0.39 is 5.97 Å². The van der Waals surface area contributed by atoms with E-state index in [1.54, 1.807) is 18.7 Å². The minimum atomic E-state index is -0.465. The first-order valence-corrected chi connectivity index (χ1v) is 8.84. The maximum atomic E-state index is 13.2. The van der Waals surface area contributed by atoms with E-state index in [0.717, 1.165) is 29.8 Å². The van der Waals surface area contributed by atoms with Gasteiger partial charge in [-0.05, 0) is 49.9 Å². The van der Waals surface area contributed by atoms with E-state index in [-0.39, 0.29) is 11.8 Å². The van der Waals surface area contributed by atoms with Gasteiger partial charge >= 0.3 is 5.97 Å². The lowest BCUT2D eigenvalue weighted by Crippen LogP contribution is -2.36. The second-order valence-electron chi connectivity index (χ2n) is 6.66. The molecule has 0 atom stereocenters. The number of ether oxygens (including phenoxy) is 1. The molecule has 2 heterocycles. The Labute approximate surface area is 157 Å².